The maximum absolute atomic E-state index is 14.4. The van der Waals surface area contributed by atoms with Crippen LogP contribution in [0.1, 0.15) is 91.2 Å². The van der Waals surface area contributed by atoms with Crippen molar-refractivity contribution >= 4 is 45.7 Å². The van der Waals surface area contributed by atoms with Crippen LogP contribution in [-0.4, -0.2) is 95.0 Å². The van der Waals surface area contributed by atoms with Gasteiger partial charge in [0.25, 0.3) is 5.91 Å². The summed E-state index contributed by atoms with van der Waals surface area (Å²) in [6.45, 7) is 9.73. The fourth-order valence-electron chi connectivity index (χ4n) is 6.83. The topological polar surface area (TPSA) is 198 Å². The molecule has 2 aliphatic carbocycles. The number of nitrogens with zero attached hydrogens (tertiary/aromatic N) is 2. The van der Waals surface area contributed by atoms with Crippen LogP contribution >= 0.6 is 0 Å². The molecule has 0 radical (unpaired) electrons. The molecule has 290 valence electrons. The van der Waals surface area contributed by atoms with Crippen LogP contribution in [0.15, 0.2) is 29.8 Å². The zero-order valence-electron chi connectivity index (χ0n) is 30.8. The number of nitrogens with one attached hydrogen (secondary N) is 3. The number of benzene rings is 1. The Morgan fingerprint density at radius 2 is 1.79 bits per heavy atom. The number of hydrogen-bond donors (Lipinski definition) is 3. The van der Waals surface area contributed by atoms with E-state index in [4.69, 9.17) is 9.47 Å². The molecule has 5 amide bonds. The third-order valence-corrected chi connectivity index (χ3v) is 11.5. The molecular weight excluding hydrogens is 713 g/mol. The number of carbonyl (C=O) groups excluding carboxylic acids is 6. The highest BCUT2D eigenvalue weighted by molar-refractivity contribution is 7.91. The molecule has 2 heterocycles. The Labute approximate surface area is 308 Å². The van der Waals surface area contributed by atoms with E-state index in [1.807, 2.05) is 0 Å². The van der Waals surface area contributed by atoms with Gasteiger partial charge in [-0.05, 0) is 77.5 Å². The lowest BCUT2D eigenvalue weighted by Gasteiger charge is -2.30. The van der Waals surface area contributed by atoms with Crippen molar-refractivity contribution in [3.8, 4) is 0 Å². The first-order valence-corrected chi connectivity index (χ1v) is 19.3. The van der Waals surface area contributed by atoms with E-state index in [-0.39, 0.29) is 38.4 Å². The molecule has 1 aromatic rings. The fraction of sp³-hybridized carbons (Fsp3) is 0.611. The normalized spacial score (nSPS) is 24.0. The van der Waals surface area contributed by atoms with Gasteiger partial charge in [-0.3, -0.25) is 28.8 Å². The maximum Gasteiger partial charge on any atom is 0.410 e. The molecule has 53 heavy (non-hydrogen) atoms. The lowest BCUT2D eigenvalue weighted by atomic mass is 10.1. The van der Waals surface area contributed by atoms with Gasteiger partial charge in [0.1, 0.15) is 35.1 Å². The van der Waals surface area contributed by atoms with Gasteiger partial charge in [-0.15, -0.1) is 0 Å². The monoisotopic (exact) mass is 761 g/mol. The minimum atomic E-state index is -3.94. The number of sulfonamides is 1. The molecule has 3 fully saturated rings. The predicted molar refractivity (Wildman–Crippen MR) is 188 cm³/mol. The average molecular weight is 762 g/mol. The zero-order valence-corrected chi connectivity index (χ0v) is 31.6. The van der Waals surface area contributed by atoms with Crippen molar-refractivity contribution in [1.29, 1.82) is 0 Å². The lowest BCUT2D eigenvalue weighted by Crippen LogP contribution is -2.58. The van der Waals surface area contributed by atoms with Crippen molar-refractivity contribution in [2.45, 2.75) is 128 Å². The Morgan fingerprint density at radius 3 is 2.38 bits per heavy atom. The summed E-state index contributed by atoms with van der Waals surface area (Å²) in [6.07, 6.45) is -0.817. The third kappa shape index (κ3) is 9.34. The molecule has 0 spiro atoms. The SMILES string of the molecule is CC[C@@H]1C[C@]1(NC(=O)[C@@H]1C[C@@H](OC(=O)N2Cc3cccc(F)c3C2)CN1C(=O)[C@H](CC(=O)C=C(C)C)NC(=O)OC(C)(C)C)C(=O)NS(=O)(=O)C1CC1. The van der Waals surface area contributed by atoms with Crippen molar-refractivity contribution < 1.29 is 51.0 Å². The van der Waals surface area contributed by atoms with Gasteiger partial charge >= 0.3 is 12.2 Å². The van der Waals surface area contributed by atoms with Gasteiger partial charge in [0.2, 0.25) is 21.8 Å². The summed E-state index contributed by atoms with van der Waals surface area (Å²) in [5.74, 6) is -3.87. The average Bonchev–Trinajstić information content (AvgIpc) is 3.93. The lowest BCUT2D eigenvalue weighted by molar-refractivity contribution is -0.141. The predicted octanol–water partition coefficient (Wildman–Crippen LogP) is 2.96. The first-order chi connectivity index (χ1) is 24.7. The van der Waals surface area contributed by atoms with Gasteiger partial charge in [0, 0.05) is 24.9 Å². The number of likely N-dealkylation sites (tertiary alicyclic amines) is 1. The van der Waals surface area contributed by atoms with Crippen LogP contribution in [0, 0.1) is 11.7 Å². The molecule has 1 aromatic carbocycles. The molecule has 4 aliphatic rings. The molecule has 15 nitrogen and oxygen atoms in total. The summed E-state index contributed by atoms with van der Waals surface area (Å²) in [7, 11) is -3.94. The third-order valence-electron chi connectivity index (χ3n) is 9.69. The number of ether oxygens (including phenoxy) is 2. The van der Waals surface area contributed by atoms with Gasteiger partial charge in [0.05, 0.1) is 18.3 Å². The zero-order chi connectivity index (χ0) is 39.0. The first-order valence-electron chi connectivity index (χ1n) is 17.8. The molecule has 1 saturated heterocycles. The van der Waals surface area contributed by atoms with E-state index in [2.05, 4.69) is 15.4 Å². The molecule has 5 atom stereocenters. The number of rotatable bonds is 12. The molecular formula is C36H48FN5O10S. The van der Waals surface area contributed by atoms with Gasteiger partial charge < -0.3 is 25.0 Å². The minimum Gasteiger partial charge on any atom is -0.444 e. The highest BCUT2D eigenvalue weighted by Crippen LogP contribution is 2.47. The van der Waals surface area contributed by atoms with Crippen LogP contribution < -0.4 is 15.4 Å². The van der Waals surface area contributed by atoms with Gasteiger partial charge in [-0.1, -0.05) is 31.1 Å². The fourth-order valence-corrected chi connectivity index (χ4v) is 8.19. The molecule has 2 aliphatic heterocycles. The Bertz CT molecular complexity index is 1820. The highest BCUT2D eigenvalue weighted by Gasteiger charge is 2.62. The van der Waals surface area contributed by atoms with E-state index >= 15 is 0 Å². The maximum atomic E-state index is 14.4. The van der Waals surface area contributed by atoms with Crippen molar-refractivity contribution in [3.63, 3.8) is 0 Å². The van der Waals surface area contributed by atoms with Crippen molar-refractivity contribution in [1.82, 2.24) is 25.2 Å². The second-order valence-corrected chi connectivity index (χ2v) is 17.5. The summed E-state index contributed by atoms with van der Waals surface area (Å²) in [4.78, 5) is 83.4. The van der Waals surface area contributed by atoms with Gasteiger partial charge in [-0.25, -0.2) is 22.4 Å². The molecule has 3 N–H and O–H groups in total. The van der Waals surface area contributed by atoms with Crippen molar-refractivity contribution in [3.05, 3.63) is 46.8 Å². The number of fused-ring (bicyclic) bond motifs is 1. The Kier molecular flexibility index (Phi) is 11.3. The molecule has 0 aromatic heterocycles. The second kappa shape index (κ2) is 15.1. The Morgan fingerprint density at radius 1 is 1.09 bits per heavy atom. The van der Waals surface area contributed by atoms with E-state index in [1.165, 1.54) is 23.1 Å². The number of alkyl carbamates (subject to hydrolysis) is 1. The van der Waals surface area contributed by atoms with Gasteiger partial charge in [-0.2, -0.15) is 0 Å². The second-order valence-electron chi connectivity index (χ2n) is 15.5. The van der Waals surface area contributed by atoms with E-state index in [1.54, 1.807) is 47.6 Å². The Hall–Kier alpha value is -4.54. The standard InChI is InChI=1S/C36H48FN5O10S/c1-7-22-16-36(22,32(46)40-53(49,50)25-11-12-25)39-30(44)29-15-24(51-34(48)41-17-21-9-8-10-27(37)26(21)19-41)18-42(29)31(45)28(14-23(43)13-20(2)3)38-33(47)52-35(4,5)6/h8-10,13,22,24-25,28-29H,7,11-12,14-19H2,1-6H3,(H,38,47)(H,39,44)(H,40,46)/t22-,24-,28+,29+,36-/m1/s1. The van der Waals surface area contributed by atoms with Crippen LogP contribution in [0.3, 0.4) is 0 Å². The van der Waals surface area contributed by atoms with Crippen LogP contribution in [0.2, 0.25) is 0 Å². The summed E-state index contributed by atoms with van der Waals surface area (Å²) in [5, 5.41) is 4.48. The number of amides is 5. The number of hydrogen-bond acceptors (Lipinski definition) is 10. The van der Waals surface area contributed by atoms with Gasteiger partial charge in [0.15, 0.2) is 5.78 Å². The smallest absolute Gasteiger partial charge is 0.410 e. The quantitative estimate of drug-likeness (QED) is 0.266. The molecule has 0 bridgehead atoms. The molecule has 0 unspecified atom stereocenters. The summed E-state index contributed by atoms with van der Waals surface area (Å²) in [6, 6.07) is 1.66. The number of ketones is 1. The number of allylic oxidation sites excluding steroid dienone is 2. The largest absolute Gasteiger partial charge is 0.444 e. The summed E-state index contributed by atoms with van der Waals surface area (Å²) in [5.41, 5.74) is -0.895. The summed E-state index contributed by atoms with van der Waals surface area (Å²) < 4.78 is 53.0. The summed E-state index contributed by atoms with van der Waals surface area (Å²) >= 11 is 0. The van der Waals surface area contributed by atoms with E-state index < -0.39 is 92.5 Å². The van der Waals surface area contributed by atoms with Crippen LogP contribution in [-0.2, 0) is 51.8 Å². The van der Waals surface area contributed by atoms with E-state index in [0.717, 1.165) is 4.90 Å². The van der Waals surface area contributed by atoms with Crippen LogP contribution in [0.4, 0.5) is 14.0 Å². The minimum absolute atomic E-state index is 0.0473. The number of carbonyl (C=O) groups is 6. The Balaban J connectivity index is 1.40. The van der Waals surface area contributed by atoms with Crippen LogP contribution in [0.5, 0.6) is 0 Å². The first kappa shape index (κ1) is 39.7. The molecule has 17 heteroatoms. The highest BCUT2D eigenvalue weighted by atomic mass is 32.2. The number of halogens is 1. The molecule has 2 saturated carbocycles. The van der Waals surface area contributed by atoms with Crippen molar-refractivity contribution in [2.24, 2.45) is 5.92 Å². The van der Waals surface area contributed by atoms with Crippen molar-refractivity contribution in [2.75, 3.05) is 6.54 Å². The molecule has 5 rings (SSSR count). The van der Waals surface area contributed by atoms with E-state index in [0.29, 0.717) is 36.0 Å². The van der Waals surface area contributed by atoms with E-state index in [9.17, 15) is 41.6 Å². The van der Waals surface area contributed by atoms with Crippen LogP contribution in [0.25, 0.3) is 0 Å².